The van der Waals surface area contributed by atoms with Crippen LogP contribution in [0.1, 0.15) is 33.0 Å². The summed E-state index contributed by atoms with van der Waals surface area (Å²) in [7, 11) is 5.65. The molecule has 0 unspecified atom stereocenters. The predicted octanol–water partition coefficient (Wildman–Crippen LogP) is 2.46. The van der Waals surface area contributed by atoms with Gasteiger partial charge in [0.25, 0.3) is 5.91 Å². The van der Waals surface area contributed by atoms with Crippen molar-refractivity contribution in [2.45, 2.75) is 13.5 Å². The normalized spacial score (nSPS) is 10.9. The number of aromatic nitrogens is 3. The molecule has 0 aliphatic rings. The molecule has 0 saturated heterocycles. The molecule has 0 bridgehead atoms. The molecule has 2 aromatic heterocycles. The predicted molar refractivity (Wildman–Crippen MR) is 109 cm³/mol. The van der Waals surface area contributed by atoms with Gasteiger partial charge in [-0.15, -0.1) is 0 Å². The molecule has 0 aromatic carbocycles. The smallest absolute Gasteiger partial charge is 0.255 e. The fourth-order valence-corrected chi connectivity index (χ4v) is 2.90. The molecular formula is C20H28N6O. The van der Waals surface area contributed by atoms with E-state index in [2.05, 4.69) is 28.1 Å². The van der Waals surface area contributed by atoms with E-state index in [1.165, 1.54) is 6.08 Å². The minimum Gasteiger partial charge on any atom is -0.359 e. The van der Waals surface area contributed by atoms with Crippen LogP contribution in [-0.2, 0) is 13.6 Å². The maximum absolute atomic E-state index is 12.7. The van der Waals surface area contributed by atoms with Gasteiger partial charge >= 0.3 is 0 Å². The highest BCUT2D eigenvalue weighted by Gasteiger charge is 2.18. The van der Waals surface area contributed by atoms with Crippen LogP contribution in [0.4, 0.5) is 0 Å². The maximum atomic E-state index is 12.7. The van der Waals surface area contributed by atoms with Crippen molar-refractivity contribution in [3.63, 3.8) is 0 Å². The van der Waals surface area contributed by atoms with Crippen LogP contribution in [0.25, 0.3) is 6.08 Å². The molecule has 0 saturated carbocycles. The second kappa shape index (κ2) is 8.64. The fourth-order valence-electron chi connectivity index (χ4n) is 2.90. The molecule has 2 heterocycles. The summed E-state index contributed by atoms with van der Waals surface area (Å²) in [5.74, 6) is -0.0303. The summed E-state index contributed by atoms with van der Waals surface area (Å²) in [6.45, 7) is 11.3. The summed E-state index contributed by atoms with van der Waals surface area (Å²) in [5.41, 5.74) is 4.42. The number of aryl methyl sites for hydroxylation is 2. The zero-order valence-corrected chi connectivity index (χ0v) is 16.5. The molecule has 0 aliphatic carbocycles. The zero-order valence-electron chi connectivity index (χ0n) is 16.5. The van der Waals surface area contributed by atoms with Gasteiger partial charge in [-0.25, -0.2) is 0 Å². The molecule has 2 aromatic rings. The van der Waals surface area contributed by atoms with Gasteiger partial charge in [-0.2, -0.15) is 5.10 Å². The summed E-state index contributed by atoms with van der Waals surface area (Å²) in [6.07, 6.45) is 4.87. The molecular weight excluding hydrogens is 340 g/mol. The Labute approximate surface area is 160 Å². The number of carbonyl (C=O) groups is 1. The van der Waals surface area contributed by atoms with Crippen LogP contribution < -0.4 is 0 Å². The monoisotopic (exact) mass is 368 g/mol. The lowest BCUT2D eigenvalue weighted by Gasteiger charge is -2.22. The number of aromatic amines is 1. The van der Waals surface area contributed by atoms with Crippen LogP contribution in [-0.4, -0.2) is 63.4 Å². The number of likely N-dealkylation sites (N-methyl/N-ethyl adjacent to an activating group) is 2. The van der Waals surface area contributed by atoms with Gasteiger partial charge in [0.1, 0.15) is 0 Å². The first kappa shape index (κ1) is 20.4. The molecule has 7 nitrogen and oxygen atoms in total. The van der Waals surface area contributed by atoms with Gasteiger partial charge in [-0.05, 0) is 32.2 Å². The van der Waals surface area contributed by atoms with Crippen molar-refractivity contribution < 1.29 is 4.79 Å². The van der Waals surface area contributed by atoms with Crippen LogP contribution in [0.5, 0.6) is 0 Å². The summed E-state index contributed by atoms with van der Waals surface area (Å²) < 4.78 is 1.78. The molecule has 2 N–H and O–H groups in total. The lowest BCUT2D eigenvalue weighted by Crippen LogP contribution is -2.35. The van der Waals surface area contributed by atoms with E-state index in [9.17, 15) is 4.79 Å². The van der Waals surface area contributed by atoms with E-state index in [1.54, 1.807) is 28.9 Å². The van der Waals surface area contributed by atoms with E-state index in [4.69, 9.17) is 5.41 Å². The van der Waals surface area contributed by atoms with Crippen LogP contribution in [0.2, 0.25) is 0 Å². The highest BCUT2D eigenvalue weighted by molar-refractivity contribution is 6.06. The molecule has 2 rings (SSSR count). The minimum atomic E-state index is -0.0303. The summed E-state index contributed by atoms with van der Waals surface area (Å²) in [4.78, 5) is 19.6. The van der Waals surface area contributed by atoms with Crippen molar-refractivity contribution in [3.8, 4) is 0 Å². The molecule has 144 valence electrons. The summed E-state index contributed by atoms with van der Waals surface area (Å²) in [5, 5.41) is 12.2. The number of hydrogen-bond donors (Lipinski definition) is 2. The standard InChI is InChI=1S/C20H28N6O/c1-7-17(21)16-12-22-26(6)19(16)13-24(4)9-10-25(5)20(27)15-11-14(3)23-18(15)8-2/h7-8,11-12,21,23H,1-2,9-10,13H2,3-6H3. The second-order valence-electron chi connectivity index (χ2n) is 6.69. The van der Waals surface area contributed by atoms with Gasteiger partial charge in [0, 0.05) is 45.0 Å². The first-order valence-corrected chi connectivity index (χ1v) is 8.76. The maximum Gasteiger partial charge on any atom is 0.255 e. The molecule has 7 heteroatoms. The van der Waals surface area contributed by atoms with Crippen molar-refractivity contribution in [2.24, 2.45) is 7.05 Å². The second-order valence-corrected chi connectivity index (χ2v) is 6.69. The number of allylic oxidation sites excluding steroid dienone is 1. The van der Waals surface area contributed by atoms with Crippen LogP contribution in [0.15, 0.2) is 31.5 Å². The lowest BCUT2D eigenvalue weighted by molar-refractivity contribution is 0.0781. The van der Waals surface area contributed by atoms with Gasteiger partial charge in [0.15, 0.2) is 0 Å². The van der Waals surface area contributed by atoms with Crippen molar-refractivity contribution >= 4 is 17.7 Å². The van der Waals surface area contributed by atoms with Crippen LogP contribution in [0, 0.1) is 12.3 Å². The number of nitrogens with zero attached hydrogens (tertiary/aromatic N) is 4. The third-order valence-electron chi connectivity index (χ3n) is 4.56. The van der Waals surface area contributed by atoms with Gasteiger partial charge < -0.3 is 15.3 Å². The van der Waals surface area contributed by atoms with Gasteiger partial charge in [-0.1, -0.05) is 13.2 Å². The summed E-state index contributed by atoms with van der Waals surface area (Å²) >= 11 is 0. The van der Waals surface area contributed by atoms with Crippen molar-refractivity contribution in [3.05, 3.63) is 59.7 Å². The molecule has 0 radical (unpaired) electrons. The van der Waals surface area contributed by atoms with Crippen molar-refractivity contribution in [1.29, 1.82) is 5.41 Å². The number of rotatable bonds is 9. The molecule has 0 atom stereocenters. The van der Waals surface area contributed by atoms with E-state index in [0.717, 1.165) is 22.6 Å². The number of carbonyl (C=O) groups excluding carboxylic acids is 1. The Balaban J connectivity index is 1.99. The Hall–Kier alpha value is -2.93. The first-order chi connectivity index (χ1) is 12.8. The average Bonchev–Trinajstić information content (AvgIpc) is 3.21. The highest BCUT2D eigenvalue weighted by atomic mass is 16.2. The lowest BCUT2D eigenvalue weighted by atomic mass is 10.1. The van der Waals surface area contributed by atoms with Crippen LogP contribution in [0.3, 0.4) is 0 Å². The van der Waals surface area contributed by atoms with Gasteiger partial charge in [0.2, 0.25) is 0 Å². The Morgan fingerprint density at radius 2 is 2.04 bits per heavy atom. The molecule has 0 spiro atoms. The van der Waals surface area contributed by atoms with E-state index < -0.39 is 0 Å². The number of amides is 1. The van der Waals surface area contributed by atoms with E-state index in [0.29, 0.717) is 30.9 Å². The Kier molecular flexibility index (Phi) is 6.52. The third kappa shape index (κ3) is 4.62. The largest absolute Gasteiger partial charge is 0.359 e. The molecule has 1 amide bonds. The molecule has 0 aliphatic heterocycles. The number of hydrogen-bond acceptors (Lipinski definition) is 4. The SMILES string of the molecule is C=CC(=N)c1cnn(C)c1CN(C)CCN(C)C(=O)c1cc(C)[nH]c1C=C. The van der Waals surface area contributed by atoms with Gasteiger partial charge in [0.05, 0.1) is 28.9 Å². The number of nitrogens with one attached hydrogen (secondary N) is 2. The topological polar surface area (TPSA) is 81.0 Å². The molecule has 27 heavy (non-hydrogen) atoms. The minimum absolute atomic E-state index is 0.0303. The van der Waals surface area contributed by atoms with Gasteiger partial charge in [-0.3, -0.25) is 14.4 Å². The fraction of sp³-hybridized carbons (Fsp3) is 0.350. The van der Waals surface area contributed by atoms with E-state index in [1.807, 2.05) is 27.1 Å². The molecule has 0 fully saturated rings. The van der Waals surface area contributed by atoms with Crippen molar-refractivity contribution in [1.82, 2.24) is 24.6 Å². The average molecular weight is 368 g/mol. The Morgan fingerprint density at radius 3 is 2.67 bits per heavy atom. The van der Waals surface area contributed by atoms with E-state index in [-0.39, 0.29) is 5.91 Å². The Bertz CT molecular complexity index is 860. The quantitative estimate of drug-likeness (QED) is 0.667. The highest BCUT2D eigenvalue weighted by Crippen LogP contribution is 2.15. The Morgan fingerprint density at radius 1 is 1.33 bits per heavy atom. The van der Waals surface area contributed by atoms with Crippen molar-refractivity contribution in [2.75, 3.05) is 27.2 Å². The zero-order chi connectivity index (χ0) is 20.1. The third-order valence-corrected chi connectivity index (χ3v) is 4.56. The van der Waals surface area contributed by atoms with Crippen LogP contribution >= 0.6 is 0 Å². The first-order valence-electron chi connectivity index (χ1n) is 8.76. The number of H-pyrrole nitrogens is 1. The summed E-state index contributed by atoms with van der Waals surface area (Å²) in [6, 6.07) is 1.85. The van der Waals surface area contributed by atoms with E-state index >= 15 is 0 Å².